The van der Waals surface area contributed by atoms with Crippen molar-refractivity contribution in [1.82, 2.24) is 4.98 Å². The summed E-state index contributed by atoms with van der Waals surface area (Å²) in [7, 11) is 1.34. The van der Waals surface area contributed by atoms with Gasteiger partial charge in [-0.05, 0) is 18.1 Å². The maximum atomic E-state index is 12.0. The van der Waals surface area contributed by atoms with Gasteiger partial charge < -0.3 is 4.74 Å². The molecule has 1 amide bonds. The van der Waals surface area contributed by atoms with E-state index in [4.69, 9.17) is 4.74 Å². The first kappa shape index (κ1) is 13.5. The van der Waals surface area contributed by atoms with Gasteiger partial charge in [0.1, 0.15) is 5.82 Å². The molecule has 1 unspecified atom stereocenters. The van der Waals surface area contributed by atoms with E-state index < -0.39 is 0 Å². The van der Waals surface area contributed by atoms with E-state index in [2.05, 4.69) is 18.8 Å². The Morgan fingerprint density at radius 3 is 2.84 bits per heavy atom. The van der Waals surface area contributed by atoms with Gasteiger partial charge in [-0.25, -0.2) is 4.98 Å². The van der Waals surface area contributed by atoms with Crippen LogP contribution in [-0.2, 0) is 14.3 Å². The van der Waals surface area contributed by atoms with Gasteiger partial charge in [-0.1, -0.05) is 19.9 Å². The van der Waals surface area contributed by atoms with Gasteiger partial charge in [0.2, 0.25) is 5.91 Å². The van der Waals surface area contributed by atoms with Gasteiger partial charge in [-0.2, -0.15) is 0 Å². The fourth-order valence-electron chi connectivity index (χ4n) is 2.17. The summed E-state index contributed by atoms with van der Waals surface area (Å²) < 4.78 is 4.69. The second kappa shape index (κ2) is 5.38. The van der Waals surface area contributed by atoms with Gasteiger partial charge in [0.05, 0.1) is 13.0 Å². The third-order valence-corrected chi connectivity index (χ3v) is 3.28. The van der Waals surface area contributed by atoms with Crippen LogP contribution in [0.25, 0.3) is 0 Å². The van der Waals surface area contributed by atoms with Crippen molar-refractivity contribution in [2.75, 3.05) is 18.6 Å². The van der Waals surface area contributed by atoms with Gasteiger partial charge in [0, 0.05) is 18.7 Å². The van der Waals surface area contributed by atoms with Crippen molar-refractivity contribution < 1.29 is 14.3 Å². The summed E-state index contributed by atoms with van der Waals surface area (Å²) in [5.74, 6) is 0.110. The van der Waals surface area contributed by atoms with Gasteiger partial charge in [-0.15, -0.1) is 0 Å². The third kappa shape index (κ3) is 2.75. The standard InChI is InChI=1S/C14H18N2O3/c1-9(2)11-5-4-6-12(15-11)16-8-10(7-13(16)17)14(18)19-3/h4-6,9-10H,7-8H2,1-3H3. The summed E-state index contributed by atoms with van der Waals surface area (Å²) >= 11 is 0. The molecule has 1 aliphatic rings. The number of carbonyl (C=O) groups is 2. The number of rotatable bonds is 3. The lowest BCUT2D eigenvalue weighted by Crippen LogP contribution is -2.27. The predicted octanol–water partition coefficient (Wildman–Crippen LogP) is 1.73. The Labute approximate surface area is 112 Å². The quantitative estimate of drug-likeness (QED) is 0.778. The smallest absolute Gasteiger partial charge is 0.311 e. The van der Waals surface area contributed by atoms with E-state index >= 15 is 0 Å². The first-order valence-corrected chi connectivity index (χ1v) is 6.38. The number of esters is 1. The van der Waals surface area contributed by atoms with Crippen LogP contribution in [0.3, 0.4) is 0 Å². The zero-order valence-electron chi connectivity index (χ0n) is 11.4. The van der Waals surface area contributed by atoms with Crippen molar-refractivity contribution in [1.29, 1.82) is 0 Å². The van der Waals surface area contributed by atoms with Crippen molar-refractivity contribution >= 4 is 17.7 Å². The summed E-state index contributed by atoms with van der Waals surface area (Å²) in [6.07, 6.45) is 0.195. The van der Waals surface area contributed by atoms with E-state index in [9.17, 15) is 9.59 Å². The van der Waals surface area contributed by atoms with Crippen molar-refractivity contribution in [3.8, 4) is 0 Å². The molecule has 5 heteroatoms. The van der Waals surface area contributed by atoms with Crippen LogP contribution in [0.15, 0.2) is 18.2 Å². The van der Waals surface area contributed by atoms with Crippen molar-refractivity contribution in [3.05, 3.63) is 23.9 Å². The number of carbonyl (C=O) groups excluding carboxylic acids is 2. The number of hydrogen-bond acceptors (Lipinski definition) is 4. The molecule has 0 radical (unpaired) electrons. The molecular formula is C14H18N2O3. The Kier molecular flexibility index (Phi) is 3.83. The maximum absolute atomic E-state index is 12.0. The van der Waals surface area contributed by atoms with Crippen LogP contribution >= 0.6 is 0 Å². The van der Waals surface area contributed by atoms with Crippen LogP contribution in [-0.4, -0.2) is 30.5 Å². The highest BCUT2D eigenvalue weighted by molar-refractivity contribution is 5.98. The summed E-state index contributed by atoms with van der Waals surface area (Å²) in [5, 5.41) is 0. The molecule has 0 N–H and O–H groups in total. The fourth-order valence-corrected chi connectivity index (χ4v) is 2.17. The normalized spacial score (nSPS) is 19.1. The van der Waals surface area contributed by atoms with Crippen molar-refractivity contribution in [2.45, 2.75) is 26.2 Å². The van der Waals surface area contributed by atoms with Gasteiger partial charge in [0.25, 0.3) is 0 Å². The molecule has 2 rings (SSSR count). The van der Waals surface area contributed by atoms with E-state index in [0.717, 1.165) is 5.69 Å². The van der Waals surface area contributed by atoms with Crippen molar-refractivity contribution in [2.24, 2.45) is 5.92 Å². The highest BCUT2D eigenvalue weighted by Crippen LogP contribution is 2.25. The van der Waals surface area contributed by atoms with E-state index in [0.29, 0.717) is 18.3 Å². The van der Waals surface area contributed by atoms with Crippen molar-refractivity contribution in [3.63, 3.8) is 0 Å². The minimum absolute atomic E-state index is 0.0798. The summed E-state index contributed by atoms with van der Waals surface area (Å²) in [5.41, 5.74) is 0.937. The zero-order valence-corrected chi connectivity index (χ0v) is 11.4. The number of ether oxygens (including phenoxy) is 1. The predicted molar refractivity (Wildman–Crippen MR) is 70.8 cm³/mol. The molecule has 1 aliphatic heterocycles. The number of amides is 1. The lowest BCUT2D eigenvalue weighted by Gasteiger charge is -2.16. The Hall–Kier alpha value is -1.91. The number of aromatic nitrogens is 1. The number of methoxy groups -OCH3 is 1. The molecule has 1 aromatic rings. The molecule has 1 aromatic heterocycles. The van der Waals surface area contributed by atoms with Crippen LogP contribution in [0.4, 0.5) is 5.82 Å². The van der Waals surface area contributed by atoms with E-state index in [1.165, 1.54) is 7.11 Å². The highest BCUT2D eigenvalue weighted by atomic mass is 16.5. The summed E-state index contributed by atoms with van der Waals surface area (Å²) in [6, 6.07) is 5.62. The lowest BCUT2D eigenvalue weighted by molar-refractivity contribution is -0.145. The van der Waals surface area contributed by atoms with Crippen LogP contribution in [0.2, 0.25) is 0 Å². The second-order valence-corrected chi connectivity index (χ2v) is 5.00. The number of anilines is 1. The van der Waals surface area contributed by atoms with Gasteiger partial charge >= 0.3 is 5.97 Å². The van der Waals surface area contributed by atoms with Gasteiger partial charge in [-0.3, -0.25) is 14.5 Å². The largest absolute Gasteiger partial charge is 0.469 e. The minimum atomic E-state index is -0.387. The number of pyridine rings is 1. The SMILES string of the molecule is COC(=O)C1CC(=O)N(c2cccc(C(C)C)n2)C1. The molecule has 0 aromatic carbocycles. The first-order chi connectivity index (χ1) is 9.02. The molecule has 0 saturated carbocycles. The first-order valence-electron chi connectivity index (χ1n) is 6.38. The molecule has 0 aliphatic carbocycles. The molecule has 2 heterocycles. The van der Waals surface area contributed by atoms with Crippen LogP contribution in [0, 0.1) is 5.92 Å². The molecule has 1 atom stereocenters. The third-order valence-electron chi connectivity index (χ3n) is 3.28. The van der Waals surface area contributed by atoms with E-state index in [-0.39, 0.29) is 24.2 Å². The fraction of sp³-hybridized carbons (Fsp3) is 0.500. The van der Waals surface area contributed by atoms with Gasteiger partial charge in [0.15, 0.2) is 0 Å². The topological polar surface area (TPSA) is 59.5 Å². The molecule has 5 nitrogen and oxygen atoms in total. The second-order valence-electron chi connectivity index (χ2n) is 5.00. The number of hydrogen-bond donors (Lipinski definition) is 0. The molecule has 0 spiro atoms. The Balaban J connectivity index is 2.20. The molecule has 0 bridgehead atoms. The highest BCUT2D eigenvalue weighted by Gasteiger charge is 2.36. The summed E-state index contributed by atoms with van der Waals surface area (Å²) in [4.78, 5) is 29.5. The zero-order chi connectivity index (χ0) is 14.0. The lowest BCUT2D eigenvalue weighted by atomic mass is 10.1. The van der Waals surface area contributed by atoms with Crippen LogP contribution < -0.4 is 4.90 Å². The van der Waals surface area contributed by atoms with Crippen LogP contribution in [0.5, 0.6) is 0 Å². The maximum Gasteiger partial charge on any atom is 0.311 e. The minimum Gasteiger partial charge on any atom is -0.469 e. The van der Waals surface area contributed by atoms with E-state index in [1.54, 1.807) is 11.0 Å². The van der Waals surface area contributed by atoms with E-state index in [1.807, 2.05) is 12.1 Å². The molecule has 1 saturated heterocycles. The molecule has 1 fully saturated rings. The Morgan fingerprint density at radius 2 is 2.21 bits per heavy atom. The molecular weight excluding hydrogens is 244 g/mol. The Bertz CT molecular complexity index is 499. The summed E-state index contributed by atoms with van der Waals surface area (Å²) in [6.45, 7) is 4.45. The number of nitrogens with zero attached hydrogens (tertiary/aromatic N) is 2. The average Bonchev–Trinajstić information content (AvgIpc) is 2.80. The Morgan fingerprint density at radius 1 is 1.47 bits per heavy atom. The molecule has 102 valence electrons. The molecule has 19 heavy (non-hydrogen) atoms. The average molecular weight is 262 g/mol. The monoisotopic (exact) mass is 262 g/mol. The van der Waals surface area contributed by atoms with Crippen LogP contribution in [0.1, 0.15) is 31.9 Å².